The van der Waals surface area contributed by atoms with Gasteiger partial charge in [-0.3, -0.25) is 4.68 Å². The van der Waals surface area contributed by atoms with Crippen molar-refractivity contribution in [3.8, 4) is 0 Å². The zero-order valence-corrected chi connectivity index (χ0v) is 12.3. The maximum atomic E-state index is 6.03. The Balaban J connectivity index is 2.76. The molecule has 3 nitrogen and oxygen atoms in total. The summed E-state index contributed by atoms with van der Waals surface area (Å²) in [5, 5.41) is 8.66. The van der Waals surface area contributed by atoms with Gasteiger partial charge in [0.1, 0.15) is 0 Å². The van der Waals surface area contributed by atoms with Crippen LogP contribution in [-0.2, 0) is 6.54 Å². The Morgan fingerprint density at radius 3 is 2.53 bits per heavy atom. The molecule has 0 spiro atoms. The second-order valence-corrected chi connectivity index (χ2v) is 6.04. The maximum Gasteiger partial charge on any atom is 0.0814 e. The predicted octanol–water partition coefficient (Wildman–Crippen LogP) is 3.26. The van der Waals surface area contributed by atoms with E-state index in [1.54, 1.807) is 6.20 Å². The first-order valence-electron chi connectivity index (χ1n) is 6.27. The molecule has 0 aliphatic rings. The molecule has 17 heavy (non-hydrogen) atoms. The lowest BCUT2D eigenvalue weighted by Gasteiger charge is -2.32. The second kappa shape index (κ2) is 5.87. The predicted molar refractivity (Wildman–Crippen MR) is 73.5 cm³/mol. The molecule has 0 aliphatic heterocycles. The first kappa shape index (κ1) is 14.5. The first-order valence-corrected chi connectivity index (χ1v) is 6.65. The van der Waals surface area contributed by atoms with Crippen LogP contribution < -0.4 is 5.32 Å². The van der Waals surface area contributed by atoms with Crippen LogP contribution in [0.5, 0.6) is 0 Å². The minimum Gasteiger partial charge on any atom is -0.312 e. The third-order valence-corrected chi connectivity index (χ3v) is 3.46. The van der Waals surface area contributed by atoms with Gasteiger partial charge in [0.2, 0.25) is 0 Å². The summed E-state index contributed by atoms with van der Waals surface area (Å²) in [5.41, 5.74) is 1.25. The highest BCUT2D eigenvalue weighted by molar-refractivity contribution is 6.31. The summed E-state index contributed by atoms with van der Waals surface area (Å²) in [6.07, 6.45) is 2.86. The summed E-state index contributed by atoms with van der Waals surface area (Å²) < 4.78 is 1.99. The molecule has 0 saturated carbocycles. The van der Waals surface area contributed by atoms with Gasteiger partial charge in [-0.2, -0.15) is 5.10 Å². The minimum atomic E-state index is 0.208. The molecule has 1 aromatic heterocycles. The average Bonchev–Trinajstić information content (AvgIpc) is 2.54. The quantitative estimate of drug-likeness (QED) is 0.878. The van der Waals surface area contributed by atoms with Gasteiger partial charge in [-0.15, -0.1) is 0 Å². The van der Waals surface area contributed by atoms with Crippen molar-refractivity contribution < 1.29 is 0 Å². The molecule has 4 heteroatoms. The van der Waals surface area contributed by atoms with Crippen LogP contribution in [0.3, 0.4) is 0 Å². The molecule has 1 unspecified atom stereocenters. The molecule has 0 fully saturated rings. The van der Waals surface area contributed by atoms with Crippen molar-refractivity contribution in [2.45, 2.75) is 53.6 Å². The van der Waals surface area contributed by atoms with E-state index in [2.05, 4.69) is 38.1 Å². The smallest absolute Gasteiger partial charge is 0.0814 e. The molecule has 1 heterocycles. The zero-order valence-electron chi connectivity index (χ0n) is 11.5. The molecular weight excluding hydrogens is 234 g/mol. The molecule has 98 valence electrons. The highest BCUT2D eigenvalue weighted by Crippen LogP contribution is 2.22. The van der Waals surface area contributed by atoms with Crippen LogP contribution in [0.4, 0.5) is 0 Å². The normalized spacial score (nSPS) is 14.0. The fourth-order valence-electron chi connectivity index (χ4n) is 1.74. The third-order valence-electron chi connectivity index (χ3n) is 3.08. The Bertz CT molecular complexity index is 352. The Morgan fingerprint density at radius 2 is 2.12 bits per heavy atom. The van der Waals surface area contributed by atoms with E-state index in [-0.39, 0.29) is 5.41 Å². The zero-order chi connectivity index (χ0) is 13.1. The van der Waals surface area contributed by atoms with Crippen molar-refractivity contribution in [3.63, 3.8) is 0 Å². The Hall–Kier alpha value is -0.540. The highest BCUT2D eigenvalue weighted by atomic mass is 35.5. The maximum absolute atomic E-state index is 6.03. The van der Waals surface area contributed by atoms with Crippen LogP contribution in [-0.4, -0.2) is 22.4 Å². The lowest BCUT2D eigenvalue weighted by molar-refractivity contribution is 0.234. The number of nitrogens with one attached hydrogen (secondary N) is 1. The van der Waals surface area contributed by atoms with E-state index >= 15 is 0 Å². The van der Waals surface area contributed by atoms with E-state index in [1.807, 2.05) is 11.6 Å². The lowest BCUT2D eigenvalue weighted by atomic mass is 9.86. The van der Waals surface area contributed by atoms with Crippen LogP contribution in [0.2, 0.25) is 5.02 Å². The van der Waals surface area contributed by atoms with Crippen LogP contribution in [0.15, 0.2) is 6.20 Å². The summed E-state index contributed by atoms with van der Waals surface area (Å²) >= 11 is 6.03. The molecule has 0 aliphatic carbocycles. The summed E-state index contributed by atoms with van der Waals surface area (Å²) in [6, 6.07) is 0.400. The molecule has 1 rings (SSSR count). The van der Waals surface area contributed by atoms with Gasteiger partial charge in [-0.05, 0) is 25.3 Å². The molecule has 0 saturated heterocycles. The molecule has 1 aromatic rings. The SMILES string of the molecule is CCCNC(Cn1ncc(Cl)c1C)C(C)(C)C. The van der Waals surface area contributed by atoms with E-state index < -0.39 is 0 Å². The summed E-state index contributed by atoms with van der Waals surface area (Å²) in [4.78, 5) is 0. The van der Waals surface area contributed by atoms with E-state index in [0.29, 0.717) is 6.04 Å². The topological polar surface area (TPSA) is 29.9 Å². The monoisotopic (exact) mass is 257 g/mol. The third kappa shape index (κ3) is 4.00. The molecule has 0 amide bonds. The van der Waals surface area contributed by atoms with Crippen molar-refractivity contribution in [3.05, 3.63) is 16.9 Å². The Kier molecular flexibility index (Phi) is 5.02. The van der Waals surface area contributed by atoms with E-state index in [4.69, 9.17) is 11.6 Å². The fourth-order valence-corrected chi connectivity index (χ4v) is 1.89. The van der Waals surface area contributed by atoms with Crippen molar-refractivity contribution in [2.75, 3.05) is 6.54 Å². The van der Waals surface area contributed by atoms with Crippen LogP contribution in [0.25, 0.3) is 0 Å². The van der Waals surface area contributed by atoms with Gasteiger partial charge in [0.05, 0.1) is 23.5 Å². The van der Waals surface area contributed by atoms with Gasteiger partial charge in [-0.25, -0.2) is 0 Å². The number of halogens is 1. The molecule has 0 bridgehead atoms. The van der Waals surface area contributed by atoms with Crippen molar-refractivity contribution in [2.24, 2.45) is 5.41 Å². The number of aromatic nitrogens is 2. The Labute approximate surface area is 110 Å². The van der Waals surface area contributed by atoms with Crippen molar-refractivity contribution in [1.29, 1.82) is 0 Å². The second-order valence-electron chi connectivity index (χ2n) is 5.63. The molecule has 1 atom stereocenters. The van der Waals surface area contributed by atoms with Crippen molar-refractivity contribution >= 4 is 11.6 Å². The Morgan fingerprint density at radius 1 is 1.47 bits per heavy atom. The van der Waals surface area contributed by atoms with Gasteiger partial charge in [0.15, 0.2) is 0 Å². The molecule has 1 N–H and O–H groups in total. The fraction of sp³-hybridized carbons (Fsp3) is 0.769. The summed E-state index contributed by atoms with van der Waals surface area (Å²) in [7, 11) is 0. The average molecular weight is 258 g/mol. The molecular formula is C13H24ClN3. The van der Waals surface area contributed by atoms with Gasteiger partial charge >= 0.3 is 0 Å². The van der Waals surface area contributed by atoms with Gasteiger partial charge in [-0.1, -0.05) is 39.3 Å². The van der Waals surface area contributed by atoms with E-state index in [9.17, 15) is 0 Å². The van der Waals surface area contributed by atoms with Crippen LogP contribution >= 0.6 is 11.6 Å². The van der Waals surface area contributed by atoms with Gasteiger partial charge in [0.25, 0.3) is 0 Å². The molecule has 0 aromatic carbocycles. The first-order chi connectivity index (χ1) is 7.86. The lowest BCUT2D eigenvalue weighted by Crippen LogP contribution is -2.44. The van der Waals surface area contributed by atoms with Crippen LogP contribution in [0.1, 0.15) is 39.8 Å². The summed E-state index contributed by atoms with van der Waals surface area (Å²) in [5.74, 6) is 0. The van der Waals surface area contributed by atoms with Crippen molar-refractivity contribution in [1.82, 2.24) is 15.1 Å². The number of hydrogen-bond donors (Lipinski definition) is 1. The standard InChI is InChI=1S/C13H24ClN3/c1-6-7-15-12(13(3,4)5)9-17-10(2)11(14)8-16-17/h8,12,15H,6-7,9H2,1-5H3. The van der Waals surface area contributed by atoms with Gasteiger partial charge in [0, 0.05) is 6.04 Å². The van der Waals surface area contributed by atoms with E-state index in [0.717, 1.165) is 30.2 Å². The number of nitrogens with zero attached hydrogens (tertiary/aromatic N) is 2. The number of hydrogen-bond acceptors (Lipinski definition) is 2. The minimum absolute atomic E-state index is 0.208. The van der Waals surface area contributed by atoms with Crippen LogP contribution in [0, 0.1) is 12.3 Å². The number of rotatable bonds is 5. The highest BCUT2D eigenvalue weighted by Gasteiger charge is 2.25. The van der Waals surface area contributed by atoms with Gasteiger partial charge < -0.3 is 5.32 Å². The largest absolute Gasteiger partial charge is 0.312 e. The van der Waals surface area contributed by atoms with E-state index in [1.165, 1.54) is 0 Å². The molecule has 0 radical (unpaired) electrons. The summed E-state index contributed by atoms with van der Waals surface area (Å²) in [6.45, 7) is 12.8.